The third kappa shape index (κ3) is 8.03. The van der Waals surface area contributed by atoms with Crippen LogP contribution in [0.2, 0.25) is 0 Å². The first-order valence-corrected chi connectivity index (χ1v) is 16.0. The van der Waals surface area contributed by atoms with E-state index < -0.39 is 17.3 Å². The van der Waals surface area contributed by atoms with E-state index in [4.69, 9.17) is 9.47 Å². The number of fused-ring (bicyclic) bond motifs is 1. The van der Waals surface area contributed by atoms with E-state index in [-0.39, 0.29) is 18.0 Å². The zero-order chi connectivity index (χ0) is 32.5. The molecule has 0 saturated carbocycles. The van der Waals surface area contributed by atoms with Crippen LogP contribution >= 0.6 is 0 Å². The van der Waals surface area contributed by atoms with Gasteiger partial charge in [0, 0.05) is 42.0 Å². The fourth-order valence-corrected chi connectivity index (χ4v) is 6.19. The molecule has 0 aliphatic carbocycles. The predicted molar refractivity (Wildman–Crippen MR) is 175 cm³/mol. The van der Waals surface area contributed by atoms with E-state index >= 15 is 0 Å². The number of likely N-dealkylation sites (tertiary alicyclic amines) is 2. The number of piperidine rings is 1. The van der Waals surface area contributed by atoms with Gasteiger partial charge in [0.1, 0.15) is 17.0 Å². The fraction of sp³-hybridized carbons (Fsp3) is 0.543. The van der Waals surface area contributed by atoms with Crippen molar-refractivity contribution in [2.24, 2.45) is 5.92 Å². The van der Waals surface area contributed by atoms with Crippen LogP contribution < -0.4 is 5.32 Å². The molecule has 0 unspecified atom stereocenters. The molecule has 10 nitrogen and oxygen atoms in total. The molecule has 2 saturated heterocycles. The molecule has 1 aromatic carbocycles. The number of carbonyl (C=O) groups excluding carboxylic acids is 3. The second-order valence-corrected chi connectivity index (χ2v) is 14.4. The number of anilines is 1. The average molecular weight is 618 g/mol. The number of nitrogens with one attached hydrogen (secondary N) is 1. The van der Waals surface area contributed by atoms with Crippen molar-refractivity contribution in [3.05, 3.63) is 59.4 Å². The van der Waals surface area contributed by atoms with Crippen LogP contribution in [0.25, 0.3) is 10.9 Å². The normalized spacial score (nSPS) is 18.3. The number of hydrogen-bond donors (Lipinski definition) is 1. The molecule has 2 fully saturated rings. The van der Waals surface area contributed by atoms with Gasteiger partial charge in [0.2, 0.25) is 0 Å². The summed E-state index contributed by atoms with van der Waals surface area (Å²) in [6.07, 6.45) is 5.74. The number of pyridine rings is 1. The zero-order valence-electron chi connectivity index (χ0n) is 27.7. The summed E-state index contributed by atoms with van der Waals surface area (Å²) < 4.78 is 12.9. The molecule has 3 aromatic rings. The van der Waals surface area contributed by atoms with E-state index in [1.165, 1.54) is 0 Å². The fourth-order valence-electron chi connectivity index (χ4n) is 6.19. The van der Waals surface area contributed by atoms with Crippen LogP contribution in [0.4, 0.5) is 15.4 Å². The Morgan fingerprint density at radius 3 is 2.13 bits per heavy atom. The summed E-state index contributed by atoms with van der Waals surface area (Å²) in [5.74, 6) is 0.558. The number of amides is 2. The van der Waals surface area contributed by atoms with Gasteiger partial charge in [-0.25, -0.2) is 19.1 Å². The maximum Gasteiger partial charge on any atom is 0.419 e. The minimum absolute atomic E-state index is 0.0963. The molecule has 1 N–H and O–H groups in total. The van der Waals surface area contributed by atoms with Crippen LogP contribution in [0.3, 0.4) is 0 Å². The van der Waals surface area contributed by atoms with Gasteiger partial charge in [0.15, 0.2) is 0 Å². The predicted octanol–water partition coefficient (Wildman–Crippen LogP) is 7.03. The lowest BCUT2D eigenvalue weighted by Gasteiger charge is -2.33. The molecule has 5 rings (SSSR count). The molecule has 2 aliphatic heterocycles. The van der Waals surface area contributed by atoms with E-state index in [0.29, 0.717) is 35.9 Å². The maximum atomic E-state index is 13.4. The maximum absolute atomic E-state index is 13.4. The highest BCUT2D eigenvalue weighted by molar-refractivity contribution is 6.04. The van der Waals surface area contributed by atoms with Crippen molar-refractivity contribution in [2.45, 2.75) is 90.9 Å². The molecule has 2 amide bonds. The summed E-state index contributed by atoms with van der Waals surface area (Å²) >= 11 is 0. The van der Waals surface area contributed by atoms with Gasteiger partial charge in [0.25, 0.3) is 5.91 Å². The van der Waals surface area contributed by atoms with Gasteiger partial charge < -0.3 is 19.7 Å². The number of carbonyl (C=O) groups is 3. The number of rotatable bonds is 5. The first-order chi connectivity index (χ1) is 21.2. The van der Waals surface area contributed by atoms with Crippen molar-refractivity contribution in [3.63, 3.8) is 0 Å². The largest absolute Gasteiger partial charge is 0.444 e. The summed E-state index contributed by atoms with van der Waals surface area (Å²) in [7, 11) is 2.07. The standard InChI is InChI=1S/C35H47N5O5/c1-34(2,3)44-32(42)39-17-14-24(15-18-39)19-23-10-12-25(13-11-23)31(41)37-30-21-28-26(22-36-30)20-29(27-9-8-16-38(27)7)40(28)33(43)45-35(4,5)6/h10-13,20-22,24,27H,8-9,14-19H2,1-7H3,(H,36,37,41)/t27-/m1/s1. The minimum atomic E-state index is -0.653. The molecule has 0 radical (unpaired) electrons. The Labute approximate surface area is 266 Å². The first kappa shape index (κ1) is 32.5. The minimum Gasteiger partial charge on any atom is -0.444 e. The van der Waals surface area contributed by atoms with Crippen molar-refractivity contribution in [1.29, 1.82) is 0 Å². The van der Waals surface area contributed by atoms with Gasteiger partial charge >= 0.3 is 12.2 Å². The van der Waals surface area contributed by atoms with E-state index in [1.807, 2.05) is 71.9 Å². The van der Waals surface area contributed by atoms with Gasteiger partial charge in [-0.2, -0.15) is 0 Å². The average Bonchev–Trinajstić information content (AvgIpc) is 3.54. The SMILES string of the molecule is CN1CCC[C@@H]1c1cc2cnc(NC(=O)c3ccc(CC4CCN(C(=O)OC(C)(C)C)CC4)cc3)cc2n1C(=O)OC(C)(C)C. The highest BCUT2D eigenvalue weighted by Crippen LogP contribution is 2.35. The summed E-state index contributed by atoms with van der Waals surface area (Å²) in [4.78, 5) is 47.6. The van der Waals surface area contributed by atoms with Gasteiger partial charge in [-0.3, -0.25) is 9.69 Å². The van der Waals surface area contributed by atoms with E-state index in [2.05, 4.69) is 22.2 Å². The molecular formula is C35H47N5O5. The van der Waals surface area contributed by atoms with Crippen LogP contribution in [-0.2, 0) is 15.9 Å². The second kappa shape index (κ2) is 12.8. The monoisotopic (exact) mass is 617 g/mol. The van der Waals surface area contributed by atoms with Crippen molar-refractivity contribution in [2.75, 3.05) is 32.0 Å². The third-order valence-electron chi connectivity index (χ3n) is 8.40. The Bertz CT molecular complexity index is 1540. The molecule has 1 atom stereocenters. The second-order valence-electron chi connectivity index (χ2n) is 14.4. The molecule has 242 valence electrons. The molecule has 2 aromatic heterocycles. The smallest absolute Gasteiger partial charge is 0.419 e. The highest BCUT2D eigenvalue weighted by atomic mass is 16.6. The summed E-state index contributed by atoms with van der Waals surface area (Å²) in [6, 6.07) is 11.5. The lowest BCUT2D eigenvalue weighted by molar-refractivity contribution is 0.0184. The van der Waals surface area contributed by atoms with E-state index in [9.17, 15) is 14.4 Å². The Balaban J connectivity index is 1.25. The van der Waals surface area contributed by atoms with Crippen LogP contribution in [-0.4, -0.2) is 75.3 Å². The number of benzene rings is 1. The molecule has 0 bridgehead atoms. The van der Waals surface area contributed by atoms with Crippen molar-refractivity contribution < 1.29 is 23.9 Å². The quantitative estimate of drug-likeness (QED) is 0.328. The number of aromatic nitrogens is 2. The Hall–Kier alpha value is -3.92. The topological polar surface area (TPSA) is 106 Å². The Morgan fingerprint density at radius 1 is 0.889 bits per heavy atom. The molecule has 10 heteroatoms. The lowest BCUT2D eigenvalue weighted by atomic mass is 9.90. The first-order valence-electron chi connectivity index (χ1n) is 16.0. The van der Waals surface area contributed by atoms with Gasteiger partial charge in [-0.1, -0.05) is 12.1 Å². The van der Waals surface area contributed by atoms with Crippen molar-refractivity contribution in [3.8, 4) is 0 Å². The Morgan fingerprint density at radius 2 is 1.53 bits per heavy atom. The molecule has 2 aliphatic rings. The number of ether oxygens (including phenoxy) is 2. The third-order valence-corrected chi connectivity index (χ3v) is 8.40. The summed E-state index contributed by atoms with van der Waals surface area (Å²) in [5, 5.41) is 3.72. The van der Waals surface area contributed by atoms with Crippen LogP contribution in [0.15, 0.2) is 42.6 Å². The molecule has 4 heterocycles. The van der Waals surface area contributed by atoms with Gasteiger partial charge in [0.05, 0.1) is 11.6 Å². The van der Waals surface area contributed by atoms with Gasteiger partial charge in [-0.15, -0.1) is 0 Å². The highest BCUT2D eigenvalue weighted by Gasteiger charge is 2.31. The summed E-state index contributed by atoms with van der Waals surface area (Å²) in [6.45, 7) is 13.5. The van der Waals surface area contributed by atoms with Crippen molar-refractivity contribution in [1.82, 2.24) is 19.4 Å². The molecule has 45 heavy (non-hydrogen) atoms. The van der Waals surface area contributed by atoms with Crippen LogP contribution in [0.1, 0.15) is 94.9 Å². The van der Waals surface area contributed by atoms with Crippen LogP contribution in [0.5, 0.6) is 0 Å². The molecule has 0 spiro atoms. The summed E-state index contributed by atoms with van der Waals surface area (Å²) in [5.41, 5.74) is 2.05. The van der Waals surface area contributed by atoms with Crippen molar-refractivity contribution >= 4 is 34.8 Å². The van der Waals surface area contributed by atoms with Gasteiger partial charge in [-0.05, 0) is 117 Å². The lowest BCUT2D eigenvalue weighted by Crippen LogP contribution is -2.42. The number of nitrogens with zero attached hydrogens (tertiary/aromatic N) is 4. The number of hydrogen-bond acceptors (Lipinski definition) is 7. The van der Waals surface area contributed by atoms with E-state index in [0.717, 1.165) is 55.3 Å². The van der Waals surface area contributed by atoms with Crippen LogP contribution in [0, 0.1) is 5.92 Å². The van der Waals surface area contributed by atoms with E-state index in [1.54, 1.807) is 21.7 Å². The zero-order valence-corrected chi connectivity index (χ0v) is 27.7. The molecular weight excluding hydrogens is 570 g/mol. The Kier molecular flexibility index (Phi) is 9.26.